The lowest BCUT2D eigenvalue weighted by Gasteiger charge is -2.20. The number of ether oxygens (including phenoxy) is 1. The summed E-state index contributed by atoms with van der Waals surface area (Å²) in [5, 5.41) is 9.57. The van der Waals surface area contributed by atoms with E-state index >= 15 is 0 Å². The highest BCUT2D eigenvalue weighted by atomic mass is 35.5. The average Bonchev–Trinajstić information content (AvgIpc) is 2.37. The van der Waals surface area contributed by atoms with Crippen molar-refractivity contribution in [3.8, 4) is 6.07 Å². The molecule has 1 rings (SSSR count). The minimum absolute atomic E-state index is 0.222. The van der Waals surface area contributed by atoms with Gasteiger partial charge < -0.3 is 9.64 Å². The Labute approximate surface area is 112 Å². The van der Waals surface area contributed by atoms with Crippen LogP contribution in [0.2, 0.25) is 5.02 Å². The van der Waals surface area contributed by atoms with Crippen LogP contribution < -0.4 is 4.90 Å². The smallest absolute Gasteiger partial charge is 0.305 e. The number of benzene rings is 1. The Morgan fingerprint density at radius 3 is 2.89 bits per heavy atom. The van der Waals surface area contributed by atoms with Crippen LogP contribution in [0.5, 0.6) is 0 Å². The molecule has 0 amide bonds. The van der Waals surface area contributed by atoms with E-state index in [1.54, 1.807) is 18.2 Å². The van der Waals surface area contributed by atoms with Crippen molar-refractivity contribution in [3.63, 3.8) is 0 Å². The highest BCUT2D eigenvalue weighted by molar-refractivity contribution is 6.30. The number of anilines is 1. The summed E-state index contributed by atoms with van der Waals surface area (Å²) in [4.78, 5) is 12.9. The van der Waals surface area contributed by atoms with Crippen molar-refractivity contribution in [3.05, 3.63) is 28.8 Å². The highest BCUT2D eigenvalue weighted by Gasteiger charge is 2.08. The van der Waals surface area contributed by atoms with Crippen molar-refractivity contribution < 1.29 is 9.53 Å². The van der Waals surface area contributed by atoms with Crippen LogP contribution >= 0.6 is 11.6 Å². The Morgan fingerprint density at radius 1 is 1.56 bits per heavy atom. The molecule has 4 nitrogen and oxygen atoms in total. The van der Waals surface area contributed by atoms with Gasteiger partial charge in [0.15, 0.2) is 0 Å². The molecule has 0 heterocycles. The van der Waals surface area contributed by atoms with Gasteiger partial charge in [-0.1, -0.05) is 11.6 Å². The fraction of sp³-hybridized carbons (Fsp3) is 0.385. The van der Waals surface area contributed by atoms with E-state index in [0.29, 0.717) is 30.0 Å². The first-order chi connectivity index (χ1) is 8.58. The maximum absolute atomic E-state index is 11.0. The molecule has 0 unspecified atom stereocenters. The van der Waals surface area contributed by atoms with Crippen LogP contribution in [0.3, 0.4) is 0 Å². The van der Waals surface area contributed by atoms with E-state index in [-0.39, 0.29) is 5.97 Å². The van der Waals surface area contributed by atoms with Crippen LogP contribution in [0.15, 0.2) is 18.2 Å². The van der Waals surface area contributed by atoms with Crippen molar-refractivity contribution >= 4 is 23.3 Å². The van der Waals surface area contributed by atoms with Gasteiger partial charge in [0.2, 0.25) is 0 Å². The fourth-order valence-corrected chi connectivity index (χ4v) is 1.79. The van der Waals surface area contributed by atoms with Crippen molar-refractivity contribution in [1.29, 1.82) is 5.26 Å². The lowest BCUT2D eigenvalue weighted by atomic mass is 10.1. The molecule has 0 aliphatic rings. The molecule has 0 bridgehead atoms. The van der Waals surface area contributed by atoms with E-state index in [9.17, 15) is 4.79 Å². The third kappa shape index (κ3) is 3.94. The van der Waals surface area contributed by atoms with E-state index in [1.165, 1.54) is 7.11 Å². The summed E-state index contributed by atoms with van der Waals surface area (Å²) >= 11 is 5.83. The van der Waals surface area contributed by atoms with E-state index in [4.69, 9.17) is 16.9 Å². The number of nitrogens with zero attached hydrogens (tertiary/aromatic N) is 2. The standard InChI is InChI=1S/C13H15ClN2O2/c1-16(7-3-4-13(17)18-2)12-6-5-11(14)8-10(12)9-15/h5-6,8H,3-4,7H2,1-2H3. The Hall–Kier alpha value is -1.73. The number of halogens is 1. The Morgan fingerprint density at radius 2 is 2.28 bits per heavy atom. The lowest BCUT2D eigenvalue weighted by molar-refractivity contribution is -0.140. The number of carbonyl (C=O) groups excluding carboxylic acids is 1. The molecule has 5 heteroatoms. The topological polar surface area (TPSA) is 53.3 Å². The van der Waals surface area contributed by atoms with Crippen molar-refractivity contribution in [2.45, 2.75) is 12.8 Å². The highest BCUT2D eigenvalue weighted by Crippen LogP contribution is 2.23. The Bertz CT molecular complexity index is 469. The number of methoxy groups -OCH3 is 1. The number of nitriles is 1. The molecule has 0 fully saturated rings. The number of carbonyl (C=O) groups is 1. The predicted molar refractivity (Wildman–Crippen MR) is 70.7 cm³/mol. The van der Waals surface area contributed by atoms with Crippen molar-refractivity contribution in [1.82, 2.24) is 0 Å². The molecule has 18 heavy (non-hydrogen) atoms. The molecule has 96 valence electrons. The van der Waals surface area contributed by atoms with Gasteiger partial charge in [-0.25, -0.2) is 0 Å². The van der Waals surface area contributed by atoms with Crippen LogP contribution in [-0.2, 0) is 9.53 Å². The number of hydrogen-bond donors (Lipinski definition) is 0. The van der Waals surface area contributed by atoms with Gasteiger partial charge in [-0.3, -0.25) is 4.79 Å². The van der Waals surface area contributed by atoms with Gasteiger partial charge in [-0.05, 0) is 24.6 Å². The summed E-state index contributed by atoms with van der Waals surface area (Å²) in [6.07, 6.45) is 1.05. The third-order valence-corrected chi connectivity index (χ3v) is 2.83. The van der Waals surface area contributed by atoms with Gasteiger partial charge in [0.1, 0.15) is 6.07 Å². The summed E-state index contributed by atoms with van der Waals surface area (Å²) in [6, 6.07) is 7.29. The molecule has 0 N–H and O–H groups in total. The molecule has 0 aliphatic heterocycles. The zero-order valence-corrected chi connectivity index (χ0v) is 11.2. The molecule has 1 aromatic carbocycles. The molecular formula is C13H15ClN2O2. The van der Waals surface area contributed by atoms with Crippen LogP contribution in [0.25, 0.3) is 0 Å². The van der Waals surface area contributed by atoms with Crippen LogP contribution in [-0.4, -0.2) is 26.7 Å². The van der Waals surface area contributed by atoms with E-state index in [0.717, 1.165) is 5.69 Å². The zero-order valence-electron chi connectivity index (χ0n) is 10.4. The van der Waals surface area contributed by atoms with Gasteiger partial charge in [0.05, 0.1) is 18.4 Å². The summed E-state index contributed by atoms with van der Waals surface area (Å²) < 4.78 is 4.57. The first-order valence-electron chi connectivity index (χ1n) is 5.56. The second kappa shape index (κ2) is 6.87. The van der Waals surface area contributed by atoms with Crippen LogP contribution in [0, 0.1) is 11.3 Å². The maximum Gasteiger partial charge on any atom is 0.305 e. The lowest BCUT2D eigenvalue weighted by Crippen LogP contribution is -2.20. The second-order valence-corrected chi connectivity index (χ2v) is 4.31. The van der Waals surface area contributed by atoms with Crippen molar-refractivity contribution in [2.24, 2.45) is 0 Å². The summed E-state index contributed by atoms with van der Waals surface area (Å²) in [5.41, 5.74) is 1.34. The molecule has 0 spiro atoms. The number of esters is 1. The minimum atomic E-state index is -0.222. The fourth-order valence-electron chi connectivity index (χ4n) is 1.61. The molecule has 1 aromatic rings. The molecule has 0 saturated carbocycles. The third-order valence-electron chi connectivity index (χ3n) is 2.59. The minimum Gasteiger partial charge on any atom is -0.469 e. The predicted octanol–water partition coefficient (Wildman–Crippen LogP) is 2.60. The van der Waals surface area contributed by atoms with Crippen LogP contribution in [0.4, 0.5) is 5.69 Å². The largest absolute Gasteiger partial charge is 0.469 e. The molecular weight excluding hydrogens is 252 g/mol. The number of hydrogen-bond acceptors (Lipinski definition) is 4. The number of rotatable bonds is 5. The monoisotopic (exact) mass is 266 g/mol. The first-order valence-corrected chi connectivity index (χ1v) is 5.94. The van der Waals surface area contributed by atoms with E-state index < -0.39 is 0 Å². The second-order valence-electron chi connectivity index (χ2n) is 3.87. The molecule has 0 saturated heterocycles. The average molecular weight is 267 g/mol. The summed E-state index contributed by atoms with van der Waals surface area (Å²) in [6.45, 7) is 0.672. The van der Waals surface area contributed by atoms with Gasteiger partial charge in [-0.2, -0.15) is 5.26 Å². The van der Waals surface area contributed by atoms with Gasteiger partial charge in [0, 0.05) is 25.0 Å². The first kappa shape index (κ1) is 14.3. The van der Waals surface area contributed by atoms with Gasteiger partial charge in [0.25, 0.3) is 0 Å². The van der Waals surface area contributed by atoms with E-state index in [2.05, 4.69) is 10.8 Å². The van der Waals surface area contributed by atoms with Gasteiger partial charge in [-0.15, -0.1) is 0 Å². The quantitative estimate of drug-likeness (QED) is 0.769. The molecule has 0 atom stereocenters. The van der Waals surface area contributed by atoms with E-state index in [1.807, 2.05) is 11.9 Å². The summed E-state index contributed by atoms with van der Waals surface area (Å²) in [7, 11) is 3.25. The van der Waals surface area contributed by atoms with Crippen molar-refractivity contribution in [2.75, 3.05) is 25.6 Å². The normalized spacial score (nSPS) is 9.67. The zero-order chi connectivity index (χ0) is 13.5. The Kier molecular flexibility index (Phi) is 5.47. The SMILES string of the molecule is COC(=O)CCCN(C)c1ccc(Cl)cc1C#N. The molecule has 0 radical (unpaired) electrons. The summed E-state index contributed by atoms with van der Waals surface area (Å²) in [5.74, 6) is -0.222. The Balaban J connectivity index is 2.64. The maximum atomic E-state index is 11.0. The molecule has 0 aromatic heterocycles. The molecule has 0 aliphatic carbocycles. The van der Waals surface area contributed by atoms with Crippen LogP contribution in [0.1, 0.15) is 18.4 Å². The van der Waals surface area contributed by atoms with Gasteiger partial charge >= 0.3 is 5.97 Å².